The standard InChI is InChI=1S/C24H51BO7P2/c1-10-21(7,18-19-16-17-20(25)30-19)31-33(9,27)23(12-3,13-4)22(8,11-2)32-34(28,29)24(26,14-5)15-6/h19-20,26H,10-18,25H2,1-9H3,(H,28,29)/t19?,20-,21?,22?,33?/m1/s1. The second-order valence-corrected chi connectivity index (χ2v) is 15.5. The first-order valence-corrected chi connectivity index (χ1v) is 16.8. The number of ether oxygens (including phenoxy) is 1. The van der Waals surface area contributed by atoms with Crippen molar-refractivity contribution >= 4 is 22.8 Å². The molecule has 0 aromatic heterocycles. The van der Waals surface area contributed by atoms with Crippen molar-refractivity contribution in [3.05, 3.63) is 0 Å². The van der Waals surface area contributed by atoms with Crippen LogP contribution in [0.5, 0.6) is 0 Å². The van der Waals surface area contributed by atoms with Crippen LogP contribution >= 0.6 is 15.0 Å². The zero-order chi connectivity index (χ0) is 26.6. The number of rotatable bonds is 15. The van der Waals surface area contributed by atoms with Gasteiger partial charge in [0.1, 0.15) is 7.85 Å². The van der Waals surface area contributed by atoms with E-state index in [0.717, 1.165) is 12.8 Å². The maximum atomic E-state index is 14.6. The number of aliphatic hydroxyl groups is 1. The molecule has 2 N–H and O–H groups in total. The lowest BCUT2D eigenvalue weighted by molar-refractivity contribution is -0.0270. The van der Waals surface area contributed by atoms with Gasteiger partial charge in [-0.1, -0.05) is 41.5 Å². The SMILES string of the molecule is B[C@H]1CCC(CC(C)(CC)OP(C)(=O)C(CC)(CC)C(C)(CC)OP(=O)(O)C(O)(CC)CC)O1. The molecule has 10 heteroatoms. The van der Waals surface area contributed by atoms with Crippen molar-refractivity contribution in [3.63, 3.8) is 0 Å². The maximum Gasteiger partial charge on any atom is 0.359 e. The summed E-state index contributed by atoms with van der Waals surface area (Å²) >= 11 is 0. The molecule has 1 fully saturated rings. The third-order valence-electron chi connectivity index (χ3n) is 8.71. The van der Waals surface area contributed by atoms with E-state index >= 15 is 0 Å². The van der Waals surface area contributed by atoms with Gasteiger partial charge in [-0.3, -0.25) is 13.7 Å². The van der Waals surface area contributed by atoms with Crippen molar-refractivity contribution in [1.29, 1.82) is 0 Å². The van der Waals surface area contributed by atoms with Gasteiger partial charge in [-0.15, -0.1) is 0 Å². The highest BCUT2D eigenvalue weighted by molar-refractivity contribution is 7.60. The number of hydrogen-bond donors (Lipinski definition) is 2. The summed E-state index contributed by atoms with van der Waals surface area (Å²) in [6, 6.07) is 0.219. The van der Waals surface area contributed by atoms with Crippen LogP contribution in [0.2, 0.25) is 0 Å². The third kappa shape index (κ3) is 6.23. The molecule has 1 rings (SSSR count). The summed E-state index contributed by atoms with van der Waals surface area (Å²) in [4.78, 5) is 10.9. The summed E-state index contributed by atoms with van der Waals surface area (Å²) in [5.74, 6) is 0. The fourth-order valence-electron chi connectivity index (χ4n) is 5.76. The molecule has 202 valence electrons. The lowest BCUT2D eigenvalue weighted by atomic mass is 9.82. The molecule has 1 aliphatic heterocycles. The third-order valence-corrected chi connectivity index (χ3v) is 14.5. The molecular weight excluding hydrogens is 473 g/mol. The van der Waals surface area contributed by atoms with E-state index in [0.29, 0.717) is 32.1 Å². The van der Waals surface area contributed by atoms with Crippen LogP contribution in [0.4, 0.5) is 0 Å². The molecule has 1 aliphatic rings. The Morgan fingerprint density at radius 1 is 0.912 bits per heavy atom. The van der Waals surface area contributed by atoms with Gasteiger partial charge in [0.15, 0.2) is 5.34 Å². The van der Waals surface area contributed by atoms with Gasteiger partial charge < -0.3 is 19.3 Å². The highest BCUT2D eigenvalue weighted by Crippen LogP contribution is 2.71. The van der Waals surface area contributed by atoms with Crippen LogP contribution in [0.25, 0.3) is 0 Å². The highest BCUT2D eigenvalue weighted by atomic mass is 31.2. The molecule has 1 saturated heterocycles. The molecule has 1 heterocycles. The van der Waals surface area contributed by atoms with E-state index in [9.17, 15) is 19.1 Å². The molecular formula is C24H51BO7P2. The van der Waals surface area contributed by atoms with Gasteiger partial charge in [0.25, 0.3) is 0 Å². The van der Waals surface area contributed by atoms with Gasteiger partial charge in [0, 0.05) is 19.1 Å². The first-order valence-electron chi connectivity index (χ1n) is 13.2. The van der Waals surface area contributed by atoms with Crippen LogP contribution in [-0.4, -0.2) is 58.3 Å². The van der Waals surface area contributed by atoms with E-state index < -0.39 is 36.7 Å². The van der Waals surface area contributed by atoms with Crippen LogP contribution in [0.1, 0.15) is 113 Å². The Morgan fingerprint density at radius 2 is 1.44 bits per heavy atom. The molecule has 0 bridgehead atoms. The molecule has 0 saturated carbocycles. The molecule has 0 radical (unpaired) electrons. The summed E-state index contributed by atoms with van der Waals surface area (Å²) in [6.45, 7) is 16.5. The smallest absolute Gasteiger partial charge is 0.359 e. The molecule has 0 spiro atoms. The molecule has 34 heavy (non-hydrogen) atoms. The first-order chi connectivity index (χ1) is 15.5. The predicted molar refractivity (Wildman–Crippen MR) is 143 cm³/mol. The van der Waals surface area contributed by atoms with Crippen LogP contribution in [0, 0.1) is 0 Å². The molecule has 5 unspecified atom stereocenters. The Morgan fingerprint density at radius 3 is 1.79 bits per heavy atom. The molecule has 6 atom stereocenters. The van der Waals surface area contributed by atoms with Crippen molar-refractivity contribution in [2.45, 2.75) is 147 Å². The van der Waals surface area contributed by atoms with Crippen molar-refractivity contribution in [3.8, 4) is 0 Å². The summed E-state index contributed by atoms with van der Waals surface area (Å²) in [5, 5.41) is 8.01. The van der Waals surface area contributed by atoms with Crippen LogP contribution in [0.3, 0.4) is 0 Å². The minimum Gasteiger partial charge on any atom is -0.384 e. The molecule has 0 aliphatic carbocycles. The van der Waals surface area contributed by atoms with Gasteiger partial charge in [-0.2, -0.15) is 0 Å². The van der Waals surface area contributed by atoms with E-state index in [2.05, 4.69) is 7.85 Å². The first kappa shape index (κ1) is 32.4. The van der Waals surface area contributed by atoms with Crippen molar-refractivity contribution < 1.29 is 32.9 Å². The van der Waals surface area contributed by atoms with E-state index in [-0.39, 0.29) is 24.9 Å². The maximum absolute atomic E-state index is 14.6. The normalized spacial score (nSPS) is 26.9. The quantitative estimate of drug-likeness (QED) is 0.199. The van der Waals surface area contributed by atoms with Crippen molar-refractivity contribution in [2.24, 2.45) is 0 Å². The number of hydrogen-bond acceptors (Lipinski definition) is 6. The molecule has 0 aromatic rings. The minimum absolute atomic E-state index is 0.0631. The average Bonchev–Trinajstić information content (AvgIpc) is 3.16. The zero-order valence-electron chi connectivity index (χ0n) is 23.3. The molecule has 7 nitrogen and oxygen atoms in total. The van der Waals surface area contributed by atoms with E-state index in [1.165, 1.54) is 0 Å². The van der Waals surface area contributed by atoms with Crippen LogP contribution < -0.4 is 0 Å². The highest BCUT2D eigenvalue weighted by Gasteiger charge is 2.61. The zero-order valence-corrected chi connectivity index (χ0v) is 25.1. The minimum atomic E-state index is -4.48. The monoisotopic (exact) mass is 524 g/mol. The average molecular weight is 524 g/mol. The Hall–Kier alpha value is 0.325. The lowest BCUT2D eigenvalue weighted by Crippen LogP contribution is -2.54. The van der Waals surface area contributed by atoms with Crippen LogP contribution in [0.15, 0.2) is 0 Å². The topological polar surface area (TPSA) is 102 Å². The Labute approximate surface area is 209 Å². The van der Waals surface area contributed by atoms with E-state index in [1.54, 1.807) is 27.4 Å². The van der Waals surface area contributed by atoms with E-state index in [1.807, 2.05) is 34.6 Å². The summed E-state index contributed by atoms with van der Waals surface area (Å²) in [5.41, 5.74) is -1.92. The Balaban J connectivity index is 3.44. The van der Waals surface area contributed by atoms with Gasteiger partial charge in [0.2, 0.25) is 7.37 Å². The largest absolute Gasteiger partial charge is 0.384 e. The van der Waals surface area contributed by atoms with Gasteiger partial charge in [-0.25, -0.2) is 0 Å². The fraction of sp³-hybridized carbons (Fsp3) is 1.00. The lowest BCUT2D eigenvalue weighted by Gasteiger charge is -2.53. The summed E-state index contributed by atoms with van der Waals surface area (Å²) in [7, 11) is -5.84. The Bertz CT molecular complexity index is 756. The molecule has 0 aromatic carbocycles. The second-order valence-electron chi connectivity index (χ2n) is 10.7. The molecule has 0 amide bonds. The second kappa shape index (κ2) is 11.8. The Kier molecular flexibility index (Phi) is 11.2. The van der Waals surface area contributed by atoms with E-state index in [4.69, 9.17) is 13.8 Å². The van der Waals surface area contributed by atoms with Gasteiger partial charge in [-0.05, 0) is 65.2 Å². The predicted octanol–water partition coefficient (Wildman–Crippen LogP) is 6.05. The van der Waals surface area contributed by atoms with Crippen LogP contribution in [-0.2, 0) is 22.9 Å². The van der Waals surface area contributed by atoms with Gasteiger partial charge in [0.05, 0.1) is 22.5 Å². The van der Waals surface area contributed by atoms with Crippen molar-refractivity contribution in [2.75, 3.05) is 6.66 Å². The van der Waals surface area contributed by atoms with Crippen molar-refractivity contribution in [1.82, 2.24) is 0 Å². The van der Waals surface area contributed by atoms with Gasteiger partial charge >= 0.3 is 7.60 Å². The summed E-state index contributed by atoms with van der Waals surface area (Å²) < 4.78 is 46.7. The summed E-state index contributed by atoms with van der Waals surface area (Å²) in [6.07, 6.45) is 4.71. The fourth-order valence-corrected chi connectivity index (χ4v) is 11.1.